The van der Waals surface area contributed by atoms with Gasteiger partial charge in [0.15, 0.2) is 5.13 Å². The first-order chi connectivity index (χ1) is 12.5. The molecule has 0 saturated carbocycles. The van der Waals surface area contributed by atoms with Gasteiger partial charge in [0, 0.05) is 10.9 Å². The number of hydrogen-bond acceptors (Lipinski definition) is 6. The number of rotatable bonds is 5. The van der Waals surface area contributed by atoms with E-state index in [0.29, 0.717) is 16.6 Å². The third-order valence-electron chi connectivity index (χ3n) is 3.39. The fourth-order valence-corrected chi connectivity index (χ4v) is 3.75. The zero-order valence-corrected chi connectivity index (χ0v) is 15.3. The summed E-state index contributed by atoms with van der Waals surface area (Å²) in [6, 6.07) is 14.3. The second-order valence-electron chi connectivity index (χ2n) is 5.14. The summed E-state index contributed by atoms with van der Waals surface area (Å²) in [7, 11) is -2.51. The molecule has 0 fully saturated rings. The molecule has 0 radical (unpaired) electrons. The van der Waals surface area contributed by atoms with Crippen molar-refractivity contribution < 1.29 is 17.9 Å². The smallest absolute Gasteiger partial charge is 0.334 e. The van der Waals surface area contributed by atoms with Crippen molar-refractivity contribution in [3.05, 3.63) is 60.0 Å². The molecule has 9 heteroatoms. The Morgan fingerprint density at radius 1 is 1.08 bits per heavy atom. The molecule has 2 amide bonds. The number of benzene rings is 2. The van der Waals surface area contributed by atoms with Crippen molar-refractivity contribution in [3.8, 4) is 17.0 Å². The molecule has 0 aliphatic heterocycles. The summed E-state index contributed by atoms with van der Waals surface area (Å²) < 4.78 is 31.4. The Morgan fingerprint density at radius 3 is 2.42 bits per heavy atom. The number of sulfonamides is 1. The van der Waals surface area contributed by atoms with Gasteiger partial charge in [-0.2, -0.15) is 0 Å². The fraction of sp³-hybridized carbons (Fsp3) is 0.0588. The summed E-state index contributed by atoms with van der Waals surface area (Å²) in [4.78, 5) is 16.2. The molecule has 0 aliphatic carbocycles. The lowest BCUT2D eigenvalue weighted by molar-refractivity contribution is 0.256. The molecule has 7 nitrogen and oxygen atoms in total. The maximum atomic E-state index is 12.2. The van der Waals surface area contributed by atoms with E-state index in [0.717, 1.165) is 5.56 Å². The van der Waals surface area contributed by atoms with Crippen molar-refractivity contribution in [1.29, 1.82) is 0 Å². The van der Waals surface area contributed by atoms with E-state index in [-0.39, 0.29) is 4.90 Å². The second kappa shape index (κ2) is 7.54. The summed E-state index contributed by atoms with van der Waals surface area (Å²) in [5, 5.41) is 4.51. The van der Waals surface area contributed by atoms with Crippen LogP contribution in [-0.4, -0.2) is 26.5 Å². The third kappa shape index (κ3) is 4.19. The molecule has 3 rings (SSSR count). The minimum atomic E-state index is -3.99. The molecular formula is C17H15N3O4S2. The van der Waals surface area contributed by atoms with Gasteiger partial charge in [0.05, 0.1) is 17.7 Å². The average Bonchev–Trinajstić information content (AvgIpc) is 3.10. The van der Waals surface area contributed by atoms with E-state index >= 15 is 0 Å². The van der Waals surface area contributed by atoms with E-state index in [4.69, 9.17) is 4.74 Å². The number of anilines is 1. The maximum Gasteiger partial charge on any atom is 0.334 e. The average molecular weight is 389 g/mol. The van der Waals surface area contributed by atoms with Gasteiger partial charge in [-0.05, 0) is 24.3 Å². The monoisotopic (exact) mass is 389 g/mol. The Hall–Kier alpha value is -2.91. The number of hydrogen-bond donors (Lipinski definition) is 2. The minimum Gasteiger partial charge on any atom is -0.497 e. The number of nitrogens with zero attached hydrogens (tertiary/aromatic N) is 1. The number of ether oxygens (including phenoxy) is 1. The van der Waals surface area contributed by atoms with Crippen LogP contribution in [0.2, 0.25) is 0 Å². The molecule has 1 heterocycles. The molecule has 0 unspecified atom stereocenters. The lowest BCUT2D eigenvalue weighted by Gasteiger charge is -2.07. The Labute approximate surface area is 154 Å². The highest BCUT2D eigenvalue weighted by molar-refractivity contribution is 7.90. The number of thiazole rings is 1. The first-order valence-electron chi connectivity index (χ1n) is 7.47. The first kappa shape index (κ1) is 17.9. The number of amides is 2. The highest BCUT2D eigenvalue weighted by Gasteiger charge is 2.18. The Kier molecular flexibility index (Phi) is 5.19. The zero-order chi connectivity index (χ0) is 18.6. The molecular weight excluding hydrogens is 374 g/mol. The highest BCUT2D eigenvalue weighted by Crippen LogP contribution is 2.24. The largest absolute Gasteiger partial charge is 0.497 e. The highest BCUT2D eigenvalue weighted by atomic mass is 32.2. The number of carbonyl (C=O) groups excluding carboxylic acids is 1. The van der Waals surface area contributed by atoms with E-state index in [1.54, 1.807) is 5.38 Å². The van der Waals surface area contributed by atoms with Crippen molar-refractivity contribution >= 4 is 32.5 Å². The van der Waals surface area contributed by atoms with Crippen molar-refractivity contribution in [2.75, 3.05) is 12.4 Å². The predicted octanol–water partition coefficient (Wildman–Crippen LogP) is 3.33. The number of methoxy groups -OCH3 is 1. The zero-order valence-electron chi connectivity index (χ0n) is 13.7. The van der Waals surface area contributed by atoms with E-state index in [2.05, 4.69) is 10.3 Å². The third-order valence-corrected chi connectivity index (χ3v) is 5.50. The van der Waals surface area contributed by atoms with Crippen LogP contribution in [0, 0.1) is 0 Å². The molecule has 3 aromatic rings. The van der Waals surface area contributed by atoms with Crippen LogP contribution in [-0.2, 0) is 10.0 Å². The second-order valence-corrected chi connectivity index (χ2v) is 7.68. The molecule has 2 N–H and O–H groups in total. The Balaban J connectivity index is 1.67. The fourth-order valence-electron chi connectivity index (χ4n) is 2.13. The normalized spacial score (nSPS) is 11.0. The molecule has 2 aromatic carbocycles. The molecule has 0 saturated heterocycles. The van der Waals surface area contributed by atoms with Crippen LogP contribution in [0.25, 0.3) is 11.3 Å². The van der Waals surface area contributed by atoms with Crippen molar-refractivity contribution in [1.82, 2.24) is 9.71 Å². The lowest BCUT2D eigenvalue weighted by Crippen LogP contribution is -2.34. The first-order valence-corrected chi connectivity index (χ1v) is 9.83. The van der Waals surface area contributed by atoms with E-state index in [9.17, 15) is 13.2 Å². The van der Waals surface area contributed by atoms with Gasteiger partial charge < -0.3 is 4.74 Å². The molecule has 0 bridgehead atoms. The van der Waals surface area contributed by atoms with Crippen LogP contribution in [0.4, 0.5) is 9.93 Å². The summed E-state index contributed by atoms with van der Waals surface area (Å²) in [5.41, 5.74) is 1.60. The number of carbonyl (C=O) groups is 1. The van der Waals surface area contributed by atoms with Crippen molar-refractivity contribution in [2.45, 2.75) is 4.90 Å². The van der Waals surface area contributed by atoms with Gasteiger partial charge in [0.25, 0.3) is 10.0 Å². The van der Waals surface area contributed by atoms with Gasteiger partial charge in [0.1, 0.15) is 5.75 Å². The van der Waals surface area contributed by atoms with Crippen LogP contribution in [0.5, 0.6) is 5.75 Å². The van der Waals surface area contributed by atoms with Gasteiger partial charge in [-0.1, -0.05) is 30.3 Å². The molecule has 1 aromatic heterocycles. The number of aromatic nitrogens is 1. The number of nitrogens with one attached hydrogen (secondary N) is 2. The SMILES string of the molecule is COc1ccc(S(=O)(=O)NC(=O)Nc2nc(-c3ccccc3)cs2)cc1. The van der Waals surface area contributed by atoms with Crippen LogP contribution in [0.1, 0.15) is 0 Å². The predicted molar refractivity (Wildman–Crippen MR) is 99.9 cm³/mol. The van der Waals surface area contributed by atoms with Crippen LogP contribution < -0.4 is 14.8 Å². The van der Waals surface area contributed by atoms with Gasteiger partial charge in [-0.15, -0.1) is 11.3 Å². The van der Waals surface area contributed by atoms with E-state index < -0.39 is 16.1 Å². The quantitative estimate of drug-likeness (QED) is 0.698. The van der Waals surface area contributed by atoms with Gasteiger partial charge in [-0.25, -0.2) is 22.9 Å². The summed E-state index contributed by atoms with van der Waals surface area (Å²) >= 11 is 1.21. The maximum absolute atomic E-state index is 12.2. The molecule has 26 heavy (non-hydrogen) atoms. The van der Waals surface area contributed by atoms with Crippen molar-refractivity contribution in [3.63, 3.8) is 0 Å². The minimum absolute atomic E-state index is 0.0439. The van der Waals surface area contributed by atoms with Crippen molar-refractivity contribution in [2.24, 2.45) is 0 Å². The summed E-state index contributed by atoms with van der Waals surface area (Å²) in [6.45, 7) is 0. The Bertz CT molecular complexity index is 1000. The Morgan fingerprint density at radius 2 is 1.77 bits per heavy atom. The lowest BCUT2D eigenvalue weighted by atomic mass is 10.2. The molecule has 0 aliphatic rings. The van der Waals surface area contributed by atoms with Crippen LogP contribution >= 0.6 is 11.3 Å². The molecule has 0 spiro atoms. The van der Waals surface area contributed by atoms with Crippen LogP contribution in [0.15, 0.2) is 64.9 Å². The van der Waals surface area contributed by atoms with E-state index in [1.165, 1.54) is 42.7 Å². The molecule has 0 atom stereocenters. The van der Waals surface area contributed by atoms with Crippen LogP contribution in [0.3, 0.4) is 0 Å². The van der Waals surface area contributed by atoms with Gasteiger partial charge in [0.2, 0.25) is 0 Å². The summed E-state index contributed by atoms with van der Waals surface area (Å²) in [5.74, 6) is 0.518. The standard InChI is InChI=1S/C17H15N3O4S2/c1-24-13-7-9-14(10-8-13)26(22,23)20-16(21)19-17-18-15(11-25-17)12-5-3-2-4-6-12/h2-11H,1H3,(H2,18,19,20,21). The van der Waals surface area contributed by atoms with Gasteiger partial charge in [-0.3, -0.25) is 5.32 Å². The summed E-state index contributed by atoms with van der Waals surface area (Å²) in [6.07, 6.45) is 0. The van der Waals surface area contributed by atoms with Gasteiger partial charge >= 0.3 is 6.03 Å². The number of urea groups is 1. The topological polar surface area (TPSA) is 97.4 Å². The van der Waals surface area contributed by atoms with E-state index in [1.807, 2.05) is 35.1 Å². The molecule has 134 valence electrons.